The zero-order valence-corrected chi connectivity index (χ0v) is 11.0. The monoisotopic (exact) mass is 268 g/mol. The molecule has 3 N–H and O–H groups in total. The molecule has 1 aliphatic rings. The molecule has 4 heteroatoms. The summed E-state index contributed by atoms with van der Waals surface area (Å²) in [4.78, 5) is 13.3. The Balaban J connectivity index is 2.20. The molecule has 0 bridgehead atoms. The van der Waals surface area contributed by atoms with Crippen LogP contribution < -0.4 is 10.6 Å². The Hall–Kier alpha value is -2.33. The molecule has 0 unspecified atom stereocenters. The number of hydrogen-bond donors (Lipinski definition) is 2. The summed E-state index contributed by atoms with van der Waals surface area (Å²) in [5.41, 5.74) is 8.98. The lowest BCUT2D eigenvalue weighted by Crippen LogP contribution is -2.30. The molecule has 2 aromatic carbocycles. The van der Waals surface area contributed by atoms with Crippen molar-refractivity contribution in [2.45, 2.75) is 12.5 Å². The van der Waals surface area contributed by atoms with Crippen LogP contribution in [0.25, 0.3) is 0 Å². The first kappa shape index (κ1) is 12.7. The van der Waals surface area contributed by atoms with Crippen LogP contribution in [-0.2, 0) is 11.2 Å². The Labute approximate surface area is 117 Å². The number of carbonyl (C=O) groups excluding carboxylic acids is 1. The van der Waals surface area contributed by atoms with Crippen molar-refractivity contribution in [3.05, 3.63) is 59.7 Å². The maximum atomic E-state index is 11.4. The predicted octanol–water partition coefficient (Wildman–Crippen LogP) is 1.90. The predicted molar refractivity (Wildman–Crippen MR) is 77.7 cm³/mol. The number of nitrogens with zero attached hydrogens (tertiary/aromatic N) is 1. The number of aliphatic hydroxyl groups excluding tert-OH is 1. The van der Waals surface area contributed by atoms with Crippen molar-refractivity contribution >= 4 is 17.3 Å². The molecule has 102 valence electrons. The van der Waals surface area contributed by atoms with E-state index in [-0.39, 0.29) is 6.54 Å². The Kier molecular flexibility index (Phi) is 3.16. The lowest BCUT2D eigenvalue weighted by Gasteiger charge is -2.25. The van der Waals surface area contributed by atoms with Crippen LogP contribution in [0.3, 0.4) is 0 Å². The van der Waals surface area contributed by atoms with Crippen LogP contribution in [0.2, 0.25) is 0 Å². The molecule has 1 heterocycles. The van der Waals surface area contributed by atoms with Gasteiger partial charge < -0.3 is 15.7 Å². The SMILES string of the molecule is NC(=O)CN1c2ccccc2C[C@H](O)c2ccccc21. The van der Waals surface area contributed by atoms with E-state index in [1.807, 2.05) is 53.4 Å². The average Bonchev–Trinajstić information content (AvgIpc) is 2.55. The Morgan fingerprint density at radius 2 is 1.80 bits per heavy atom. The van der Waals surface area contributed by atoms with Gasteiger partial charge >= 0.3 is 0 Å². The van der Waals surface area contributed by atoms with E-state index in [0.717, 1.165) is 22.5 Å². The summed E-state index contributed by atoms with van der Waals surface area (Å²) in [7, 11) is 0. The van der Waals surface area contributed by atoms with Gasteiger partial charge in [0.15, 0.2) is 0 Å². The normalized spacial score (nSPS) is 17.1. The largest absolute Gasteiger partial charge is 0.388 e. The third-order valence-corrected chi connectivity index (χ3v) is 3.60. The van der Waals surface area contributed by atoms with Gasteiger partial charge in [-0.1, -0.05) is 36.4 Å². The molecule has 3 rings (SSSR count). The van der Waals surface area contributed by atoms with Crippen molar-refractivity contribution in [3.8, 4) is 0 Å². The van der Waals surface area contributed by atoms with Gasteiger partial charge in [0.1, 0.15) is 6.54 Å². The van der Waals surface area contributed by atoms with Crippen LogP contribution >= 0.6 is 0 Å². The number of amides is 1. The summed E-state index contributed by atoms with van der Waals surface area (Å²) in [6.45, 7) is 0.0980. The van der Waals surface area contributed by atoms with Crippen LogP contribution in [0, 0.1) is 0 Å². The Bertz CT molecular complexity index is 654. The quantitative estimate of drug-likeness (QED) is 0.874. The van der Waals surface area contributed by atoms with Gasteiger partial charge in [0, 0.05) is 23.4 Å². The van der Waals surface area contributed by atoms with Crippen molar-refractivity contribution < 1.29 is 9.90 Å². The highest BCUT2D eigenvalue weighted by atomic mass is 16.3. The van der Waals surface area contributed by atoms with Gasteiger partial charge in [0.2, 0.25) is 5.91 Å². The van der Waals surface area contributed by atoms with Gasteiger partial charge in [-0.05, 0) is 17.7 Å². The van der Waals surface area contributed by atoms with Gasteiger partial charge in [-0.15, -0.1) is 0 Å². The number of benzene rings is 2. The van der Waals surface area contributed by atoms with Crippen LogP contribution in [0.4, 0.5) is 11.4 Å². The number of fused-ring (bicyclic) bond motifs is 2. The maximum Gasteiger partial charge on any atom is 0.237 e. The Morgan fingerprint density at radius 3 is 2.55 bits per heavy atom. The number of carbonyl (C=O) groups is 1. The van der Waals surface area contributed by atoms with E-state index in [4.69, 9.17) is 5.73 Å². The van der Waals surface area contributed by atoms with Crippen molar-refractivity contribution in [2.75, 3.05) is 11.4 Å². The first-order valence-corrected chi connectivity index (χ1v) is 6.57. The summed E-state index contributed by atoms with van der Waals surface area (Å²) in [5, 5.41) is 10.4. The van der Waals surface area contributed by atoms with Crippen molar-refractivity contribution in [2.24, 2.45) is 5.73 Å². The number of aliphatic hydroxyl groups is 1. The molecule has 4 nitrogen and oxygen atoms in total. The van der Waals surface area contributed by atoms with Crippen molar-refractivity contribution in [1.29, 1.82) is 0 Å². The topological polar surface area (TPSA) is 66.6 Å². The van der Waals surface area contributed by atoms with Crippen molar-refractivity contribution in [1.82, 2.24) is 0 Å². The Morgan fingerprint density at radius 1 is 1.15 bits per heavy atom. The van der Waals surface area contributed by atoms with Crippen molar-refractivity contribution in [3.63, 3.8) is 0 Å². The highest BCUT2D eigenvalue weighted by Crippen LogP contribution is 2.39. The minimum absolute atomic E-state index is 0.0980. The third kappa shape index (κ3) is 2.14. The summed E-state index contributed by atoms with van der Waals surface area (Å²) < 4.78 is 0. The molecule has 0 saturated carbocycles. The highest BCUT2D eigenvalue weighted by Gasteiger charge is 2.25. The number of hydrogen-bond acceptors (Lipinski definition) is 3. The van der Waals surface area contributed by atoms with Crippen LogP contribution in [0.15, 0.2) is 48.5 Å². The lowest BCUT2D eigenvalue weighted by atomic mass is 10.0. The molecule has 0 fully saturated rings. The molecule has 0 saturated heterocycles. The molecule has 0 spiro atoms. The van der Waals surface area contributed by atoms with Gasteiger partial charge in [-0.3, -0.25) is 4.79 Å². The molecule has 2 aromatic rings. The molecule has 1 aliphatic heterocycles. The minimum Gasteiger partial charge on any atom is -0.388 e. The third-order valence-electron chi connectivity index (χ3n) is 3.60. The molecule has 0 radical (unpaired) electrons. The zero-order valence-electron chi connectivity index (χ0n) is 11.0. The lowest BCUT2D eigenvalue weighted by molar-refractivity contribution is -0.116. The molecular weight excluding hydrogens is 252 g/mol. The number of anilines is 2. The van der Waals surface area contributed by atoms with E-state index in [2.05, 4.69) is 0 Å². The van der Waals surface area contributed by atoms with E-state index in [1.54, 1.807) is 0 Å². The first-order chi connectivity index (χ1) is 9.66. The number of nitrogens with two attached hydrogens (primary N) is 1. The summed E-state index contributed by atoms with van der Waals surface area (Å²) >= 11 is 0. The van der Waals surface area contributed by atoms with Gasteiger partial charge in [-0.25, -0.2) is 0 Å². The van der Waals surface area contributed by atoms with Gasteiger partial charge in [-0.2, -0.15) is 0 Å². The summed E-state index contributed by atoms with van der Waals surface area (Å²) in [6.07, 6.45) is -0.0483. The number of primary amides is 1. The molecular formula is C16H16N2O2. The fraction of sp³-hybridized carbons (Fsp3) is 0.188. The minimum atomic E-state index is -0.578. The standard InChI is InChI=1S/C16H16N2O2/c17-16(20)10-18-13-7-3-1-5-11(13)9-15(19)12-6-2-4-8-14(12)18/h1-8,15,19H,9-10H2,(H2,17,20)/t15-/m0/s1. The van der Waals surface area contributed by atoms with Crippen LogP contribution in [-0.4, -0.2) is 17.6 Å². The molecule has 1 atom stereocenters. The fourth-order valence-corrected chi connectivity index (χ4v) is 2.74. The number of rotatable bonds is 2. The van der Waals surface area contributed by atoms with Gasteiger partial charge in [0.05, 0.1) is 6.10 Å². The molecule has 0 aromatic heterocycles. The fourth-order valence-electron chi connectivity index (χ4n) is 2.74. The second-order valence-corrected chi connectivity index (χ2v) is 4.96. The van der Waals surface area contributed by atoms with E-state index in [0.29, 0.717) is 6.42 Å². The van der Waals surface area contributed by atoms with Crippen LogP contribution in [0.1, 0.15) is 17.2 Å². The highest BCUT2D eigenvalue weighted by molar-refractivity contribution is 5.85. The number of para-hydroxylation sites is 2. The van der Waals surface area contributed by atoms with E-state index < -0.39 is 12.0 Å². The smallest absolute Gasteiger partial charge is 0.237 e. The van der Waals surface area contributed by atoms with Gasteiger partial charge in [0.25, 0.3) is 0 Å². The van der Waals surface area contributed by atoms with E-state index in [9.17, 15) is 9.90 Å². The molecule has 0 aliphatic carbocycles. The summed E-state index contributed by atoms with van der Waals surface area (Å²) in [6, 6.07) is 15.4. The van der Waals surface area contributed by atoms with E-state index >= 15 is 0 Å². The van der Waals surface area contributed by atoms with Crippen LogP contribution in [0.5, 0.6) is 0 Å². The second kappa shape index (κ2) is 4.98. The maximum absolute atomic E-state index is 11.4. The molecule has 1 amide bonds. The zero-order chi connectivity index (χ0) is 14.1. The van der Waals surface area contributed by atoms with E-state index in [1.165, 1.54) is 0 Å². The second-order valence-electron chi connectivity index (χ2n) is 4.96. The molecule has 20 heavy (non-hydrogen) atoms. The average molecular weight is 268 g/mol. The summed E-state index contributed by atoms with van der Waals surface area (Å²) in [5.74, 6) is -0.397. The first-order valence-electron chi connectivity index (χ1n) is 6.57.